The van der Waals surface area contributed by atoms with E-state index in [2.05, 4.69) is 21.1 Å². The number of rotatable bonds is 10. The minimum absolute atomic E-state index is 0.309. The van der Waals surface area contributed by atoms with Gasteiger partial charge in [0, 0.05) is 16.7 Å². The summed E-state index contributed by atoms with van der Waals surface area (Å²) in [5.41, 5.74) is 8.38. The van der Waals surface area contributed by atoms with Crippen LogP contribution in [0.5, 0.6) is 11.5 Å². The first-order valence-corrected chi connectivity index (χ1v) is 12.5. The van der Waals surface area contributed by atoms with Gasteiger partial charge in [0.15, 0.2) is 0 Å². The van der Waals surface area contributed by atoms with Gasteiger partial charge in [0.25, 0.3) is 5.91 Å². The standard InChI is InChI=1S/C25H26N4O3.H2O4S/c1-3-31-23-11-7-5-9-20(23)17-26-28-22-15-13-19(14-16-22)25(30)29-27-18-21-10-6-8-12-24(21)32-4-2;1-5(2,3)4/h5-18,28H,3-4H2,1-2H3,(H,29,30);(H2,1,2,3,4). The Labute approximate surface area is 215 Å². The molecule has 37 heavy (non-hydrogen) atoms. The van der Waals surface area contributed by atoms with Crippen LogP contribution < -0.4 is 20.3 Å². The summed E-state index contributed by atoms with van der Waals surface area (Å²) >= 11 is 0. The van der Waals surface area contributed by atoms with Gasteiger partial charge >= 0.3 is 10.4 Å². The van der Waals surface area contributed by atoms with Gasteiger partial charge in [0.1, 0.15) is 11.5 Å². The topological polar surface area (TPSA) is 159 Å². The number of carbonyl (C=O) groups is 1. The molecule has 12 heteroatoms. The van der Waals surface area contributed by atoms with Crippen LogP contribution in [0.4, 0.5) is 5.69 Å². The van der Waals surface area contributed by atoms with E-state index < -0.39 is 10.4 Å². The van der Waals surface area contributed by atoms with E-state index in [9.17, 15) is 4.79 Å². The number of hydrogen-bond acceptors (Lipinski definition) is 8. The summed E-state index contributed by atoms with van der Waals surface area (Å²) in [5, 5.41) is 8.28. The van der Waals surface area contributed by atoms with Gasteiger partial charge in [-0.25, -0.2) is 5.43 Å². The molecule has 3 aromatic carbocycles. The lowest BCUT2D eigenvalue weighted by Crippen LogP contribution is -2.17. The number of ether oxygens (including phenoxy) is 2. The lowest BCUT2D eigenvalue weighted by atomic mass is 10.2. The molecular formula is C25H28N4O7S. The molecule has 0 fully saturated rings. The Morgan fingerprint density at radius 1 is 0.811 bits per heavy atom. The second-order valence-electron chi connectivity index (χ2n) is 7.04. The van der Waals surface area contributed by atoms with Crippen LogP contribution in [0.3, 0.4) is 0 Å². The number of anilines is 1. The molecule has 0 bridgehead atoms. The highest BCUT2D eigenvalue weighted by molar-refractivity contribution is 7.79. The Kier molecular flexibility index (Phi) is 11.7. The van der Waals surface area contributed by atoms with Crippen molar-refractivity contribution >= 4 is 34.4 Å². The molecule has 0 aliphatic heterocycles. The van der Waals surface area contributed by atoms with Crippen molar-refractivity contribution in [2.24, 2.45) is 10.2 Å². The highest BCUT2D eigenvalue weighted by Gasteiger charge is 2.05. The summed E-state index contributed by atoms with van der Waals surface area (Å²) in [5.74, 6) is 1.18. The summed E-state index contributed by atoms with van der Waals surface area (Å²) in [7, 11) is -4.67. The Balaban J connectivity index is 0.000000877. The van der Waals surface area contributed by atoms with E-state index >= 15 is 0 Å². The van der Waals surface area contributed by atoms with Gasteiger partial charge in [0.05, 0.1) is 31.3 Å². The van der Waals surface area contributed by atoms with E-state index in [0.717, 1.165) is 22.6 Å². The molecule has 3 rings (SSSR count). The molecule has 0 aliphatic rings. The SMILES string of the molecule is CCOc1ccccc1C=NNC(=O)c1ccc(NN=Cc2ccccc2OCC)cc1.O=S(=O)(O)O. The molecule has 0 spiro atoms. The fourth-order valence-corrected chi connectivity index (χ4v) is 2.85. The zero-order valence-corrected chi connectivity index (χ0v) is 21.1. The first-order valence-electron chi connectivity index (χ1n) is 11.1. The number of hydrazone groups is 2. The number of nitrogens with zero attached hydrogens (tertiary/aromatic N) is 2. The number of hydrogen-bond donors (Lipinski definition) is 4. The van der Waals surface area contributed by atoms with Crippen LogP contribution in [0.2, 0.25) is 0 Å². The van der Waals surface area contributed by atoms with Crippen LogP contribution >= 0.6 is 0 Å². The maximum absolute atomic E-state index is 12.3. The third kappa shape index (κ3) is 11.3. The summed E-state index contributed by atoms with van der Waals surface area (Å²) in [4.78, 5) is 12.3. The average molecular weight is 529 g/mol. The van der Waals surface area contributed by atoms with Gasteiger partial charge in [0.2, 0.25) is 0 Å². The summed E-state index contributed by atoms with van der Waals surface area (Å²) in [6, 6.07) is 22.1. The number of nitrogens with one attached hydrogen (secondary N) is 2. The summed E-state index contributed by atoms with van der Waals surface area (Å²) in [6.07, 6.45) is 3.26. The number of carbonyl (C=O) groups excluding carboxylic acids is 1. The third-order valence-electron chi connectivity index (χ3n) is 4.35. The van der Waals surface area contributed by atoms with Gasteiger partial charge in [-0.05, 0) is 62.4 Å². The summed E-state index contributed by atoms with van der Waals surface area (Å²) in [6.45, 7) is 5.00. The van der Waals surface area contributed by atoms with Crippen LogP contribution in [0, 0.1) is 0 Å². The maximum Gasteiger partial charge on any atom is 0.394 e. The highest BCUT2D eigenvalue weighted by Crippen LogP contribution is 2.17. The zero-order valence-electron chi connectivity index (χ0n) is 20.2. The second kappa shape index (κ2) is 15.0. The molecule has 0 radical (unpaired) electrons. The van der Waals surface area contributed by atoms with E-state index in [-0.39, 0.29) is 5.91 Å². The van der Waals surface area contributed by atoms with Gasteiger partial charge in [-0.15, -0.1) is 0 Å². The van der Waals surface area contributed by atoms with E-state index in [4.69, 9.17) is 27.0 Å². The molecule has 0 heterocycles. The van der Waals surface area contributed by atoms with Crippen molar-refractivity contribution in [1.29, 1.82) is 0 Å². The van der Waals surface area contributed by atoms with Crippen LogP contribution in [0.1, 0.15) is 35.3 Å². The summed E-state index contributed by atoms with van der Waals surface area (Å²) < 4.78 is 42.7. The predicted octanol–water partition coefficient (Wildman–Crippen LogP) is 4.04. The van der Waals surface area contributed by atoms with Crippen molar-refractivity contribution < 1.29 is 31.8 Å². The lowest BCUT2D eigenvalue weighted by molar-refractivity contribution is 0.0955. The highest BCUT2D eigenvalue weighted by atomic mass is 32.3. The molecule has 3 aromatic rings. The van der Waals surface area contributed by atoms with Crippen molar-refractivity contribution in [1.82, 2.24) is 5.43 Å². The van der Waals surface area contributed by atoms with Crippen molar-refractivity contribution in [3.05, 3.63) is 89.5 Å². The molecule has 0 unspecified atom stereocenters. The smallest absolute Gasteiger partial charge is 0.394 e. The number of para-hydroxylation sites is 2. The Bertz CT molecular complexity index is 1300. The normalized spacial score (nSPS) is 11.0. The number of amides is 1. The quantitative estimate of drug-likeness (QED) is 0.174. The Morgan fingerprint density at radius 2 is 1.27 bits per heavy atom. The number of benzene rings is 3. The average Bonchev–Trinajstić information content (AvgIpc) is 2.86. The van der Waals surface area contributed by atoms with Crippen LogP contribution in [0.25, 0.3) is 0 Å². The molecule has 11 nitrogen and oxygen atoms in total. The minimum atomic E-state index is -4.67. The molecule has 0 saturated carbocycles. The van der Waals surface area contributed by atoms with E-state index in [0.29, 0.717) is 24.5 Å². The van der Waals surface area contributed by atoms with Crippen molar-refractivity contribution in [3.63, 3.8) is 0 Å². The fourth-order valence-electron chi connectivity index (χ4n) is 2.85. The van der Waals surface area contributed by atoms with E-state index in [1.165, 1.54) is 0 Å². The zero-order chi connectivity index (χ0) is 27.1. The van der Waals surface area contributed by atoms with Gasteiger partial charge in [-0.1, -0.05) is 24.3 Å². The van der Waals surface area contributed by atoms with E-state index in [1.807, 2.05) is 62.4 Å². The minimum Gasteiger partial charge on any atom is -0.493 e. The molecule has 4 N–H and O–H groups in total. The first kappa shape index (κ1) is 29.0. The van der Waals surface area contributed by atoms with Crippen LogP contribution in [-0.4, -0.2) is 49.1 Å². The van der Waals surface area contributed by atoms with Crippen molar-refractivity contribution in [2.45, 2.75) is 13.8 Å². The molecule has 0 saturated heterocycles. The van der Waals surface area contributed by atoms with Crippen molar-refractivity contribution in [3.8, 4) is 11.5 Å². The maximum atomic E-state index is 12.3. The molecule has 196 valence electrons. The lowest BCUT2D eigenvalue weighted by Gasteiger charge is -2.06. The fraction of sp³-hybridized carbons (Fsp3) is 0.160. The Morgan fingerprint density at radius 3 is 1.76 bits per heavy atom. The Hall–Kier alpha value is -4.26. The molecule has 0 atom stereocenters. The molecular weight excluding hydrogens is 500 g/mol. The molecule has 0 aromatic heterocycles. The van der Waals surface area contributed by atoms with Crippen LogP contribution in [0.15, 0.2) is 83.0 Å². The first-order chi connectivity index (χ1) is 17.7. The monoisotopic (exact) mass is 528 g/mol. The third-order valence-corrected chi connectivity index (χ3v) is 4.35. The molecule has 1 amide bonds. The second-order valence-corrected chi connectivity index (χ2v) is 7.93. The largest absolute Gasteiger partial charge is 0.493 e. The van der Waals surface area contributed by atoms with E-state index in [1.54, 1.807) is 36.7 Å². The van der Waals surface area contributed by atoms with Crippen molar-refractivity contribution in [2.75, 3.05) is 18.6 Å². The predicted molar refractivity (Wildman–Crippen MR) is 142 cm³/mol. The molecule has 0 aliphatic carbocycles. The van der Waals surface area contributed by atoms with Gasteiger partial charge in [-0.2, -0.15) is 18.6 Å². The van der Waals surface area contributed by atoms with Gasteiger partial charge < -0.3 is 9.47 Å². The van der Waals surface area contributed by atoms with Crippen LogP contribution in [-0.2, 0) is 10.4 Å². The van der Waals surface area contributed by atoms with Gasteiger partial charge in [-0.3, -0.25) is 19.3 Å².